The molecule has 2 heterocycles. The fraction of sp³-hybridized carbons (Fsp3) is 0.519. The highest BCUT2D eigenvalue weighted by Crippen LogP contribution is 2.54. The third-order valence-corrected chi connectivity index (χ3v) is 11.7. The molecule has 0 radical (unpaired) electrons. The minimum Gasteiger partial charge on any atom is -0.407 e. The number of nitrogens with one attached hydrogen (secondary N) is 3. The van der Waals surface area contributed by atoms with E-state index in [-0.39, 0.29) is 28.3 Å². The van der Waals surface area contributed by atoms with E-state index >= 15 is 0 Å². The van der Waals surface area contributed by atoms with Gasteiger partial charge in [0.25, 0.3) is 0 Å². The Bertz CT molecular complexity index is 1230. The zero-order valence-electron chi connectivity index (χ0n) is 23.0. The predicted molar refractivity (Wildman–Crippen MR) is 148 cm³/mol. The first-order valence-corrected chi connectivity index (χ1v) is 15.8. The number of aromatic nitrogens is 1. The van der Waals surface area contributed by atoms with Gasteiger partial charge in [0.15, 0.2) is 14.5 Å². The van der Waals surface area contributed by atoms with Crippen LogP contribution in [0.5, 0.6) is 0 Å². The van der Waals surface area contributed by atoms with Gasteiger partial charge in [-0.15, -0.1) is 0 Å². The standard InChI is InChI=1S/C27H37F3N6OSi/c1-17(2)32-23-34-22(35-24(36-23)33-20-11-14-31-21(16-20)27(28,29)30)18-9-8-10-19(15-18)26(12-13-26)37-38(6,7)25(3,4)5/h8-11,14-17,22H,12-13H2,1-7H3,(H3,31,32,33,34,35,36). The van der Waals surface area contributed by atoms with Crippen LogP contribution in [-0.4, -0.2) is 31.3 Å². The van der Waals surface area contributed by atoms with Gasteiger partial charge in [0.1, 0.15) is 5.69 Å². The van der Waals surface area contributed by atoms with Crippen molar-refractivity contribution in [2.75, 3.05) is 5.32 Å². The number of rotatable bonds is 6. The van der Waals surface area contributed by atoms with Gasteiger partial charge in [-0.25, -0.2) is 4.99 Å². The van der Waals surface area contributed by atoms with E-state index in [0.717, 1.165) is 36.2 Å². The number of nitrogens with zero attached hydrogens (tertiary/aromatic N) is 3. The third-order valence-electron chi connectivity index (χ3n) is 7.16. The molecule has 1 atom stereocenters. The Kier molecular flexibility index (Phi) is 7.39. The van der Waals surface area contributed by atoms with Crippen molar-refractivity contribution < 1.29 is 17.6 Å². The fourth-order valence-electron chi connectivity index (χ4n) is 4.01. The monoisotopic (exact) mass is 546 g/mol. The van der Waals surface area contributed by atoms with E-state index in [1.54, 1.807) is 0 Å². The van der Waals surface area contributed by atoms with E-state index in [1.807, 2.05) is 26.0 Å². The summed E-state index contributed by atoms with van der Waals surface area (Å²) >= 11 is 0. The Hall–Kier alpha value is -2.92. The molecule has 4 rings (SSSR count). The molecular weight excluding hydrogens is 509 g/mol. The normalized spacial score (nSPS) is 19.4. The maximum Gasteiger partial charge on any atom is 0.433 e. The highest BCUT2D eigenvalue weighted by atomic mass is 28.4. The number of aliphatic imine (C=N–C) groups is 2. The Morgan fingerprint density at radius 2 is 1.82 bits per heavy atom. The van der Waals surface area contributed by atoms with E-state index in [4.69, 9.17) is 4.43 Å². The van der Waals surface area contributed by atoms with Crippen LogP contribution < -0.4 is 16.0 Å². The SMILES string of the molecule is CC(C)NC1=NC(Nc2ccnc(C(F)(F)F)c2)=NC(c2cccc(C3(O[Si](C)(C)C(C)(C)C)CC3)c2)N1. The molecule has 0 saturated heterocycles. The van der Waals surface area contributed by atoms with Crippen molar-refractivity contribution in [3.63, 3.8) is 0 Å². The second-order valence-corrected chi connectivity index (χ2v) is 16.5. The van der Waals surface area contributed by atoms with Gasteiger partial charge in [0.05, 0.1) is 5.60 Å². The first kappa shape index (κ1) is 28.1. The maximum absolute atomic E-state index is 13.2. The average Bonchev–Trinajstić information content (AvgIpc) is 3.57. The highest BCUT2D eigenvalue weighted by Gasteiger charge is 2.52. The van der Waals surface area contributed by atoms with Crippen LogP contribution in [0.3, 0.4) is 0 Å². The molecule has 1 saturated carbocycles. The van der Waals surface area contributed by atoms with Gasteiger partial charge in [-0.3, -0.25) is 4.98 Å². The first-order valence-electron chi connectivity index (χ1n) is 12.9. The molecule has 7 nitrogen and oxygen atoms in total. The molecule has 0 bridgehead atoms. The van der Waals surface area contributed by atoms with Crippen molar-refractivity contribution in [1.29, 1.82) is 0 Å². The average molecular weight is 547 g/mol. The van der Waals surface area contributed by atoms with E-state index < -0.39 is 26.4 Å². The molecule has 1 fully saturated rings. The van der Waals surface area contributed by atoms with Crippen LogP contribution >= 0.6 is 0 Å². The molecule has 38 heavy (non-hydrogen) atoms. The lowest BCUT2D eigenvalue weighted by Gasteiger charge is -2.40. The number of benzene rings is 1. The number of guanidine groups is 2. The van der Waals surface area contributed by atoms with Crippen molar-refractivity contribution in [3.8, 4) is 0 Å². The minimum absolute atomic E-state index is 0.0815. The number of halogens is 3. The highest BCUT2D eigenvalue weighted by molar-refractivity contribution is 6.74. The Morgan fingerprint density at radius 1 is 1.11 bits per heavy atom. The molecule has 2 aliphatic rings. The van der Waals surface area contributed by atoms with E-state index in [9.17, 15) is 13.2 Å². The molecule has 1 aliphatic carbocycles. The van der Waals surface area contributed by atoms with Crippen LogP contribution in [0.4, 0.5) is 18.9 Å². The molecule has 3 N–H and O–H groups in total. The number of alkyl halides is 3. The number of hydrogen-bond acceptors (Lipinski definition) is 7. The topological polar surface area (TPSA) is 82.9 Å². The zero-order chi connectivity index (χ0) is 27.9. The summed E-state index contributed by atoms with van der Waals surface area (Å²) in [6, 6.07) is 10.7. The van der Waals surface area contributed by atoms with Crippen LogP contribution in [-0.2, 0) is 16.2 Å². The van der Waals surface area contributed by atoms with Gasteiger partial charge >= 0.3 is 6.18 Å². The summed E-state index contributed by atoms with van der Waals surface area (Å²) in [4.78, 5) is 12.6. The summed E-state index contributed by atoms with van der Waals surface area (Å²) in [7, 11) is -1.99. The second-order valence-electron chi connectivity index (χ2n) is 11.8. The quantitative estimate of drug-likeness (QED) is 0.359. The lowest BCUT2D eigenvalue weighted by Crippen LogP contribution is -2.46. The van der Waals surface area contributed by atoms with Gasteiger partial charge in [0, 0.05) is 17.9 Å². The maximum atomic E-state index is 13.2. The Labute approximate surface area is 223 Å². The lowest BCUT2D eigenvalue weighted by molar-refractivity contribution is -0.141. The van der Waals surface area contributed by atoms with Crippen molar-refractivity contribution in [2.24, 2.45) is 9.98 Å². The summed E-state index contributed by atoms with van der Waals surface area (Å²) in [6.45, 7) is 15.2. The van der Waals surface area contributed by atoms with Gasteiger partial charge in [0.2, 0.25) is 11.9 Å². The molecule has 1 aliphatic heterocycles. The molecule has 1 aromatic carbocycles. The Balaban J connectivity index is 1.63. The van der Waals surface area contributed by atoms with Crippen LogP contribution in [0.25, 0.3) is 0 Å². The van der Waals surface area contributed by atoms with E-state index in [1.165, 1.54) is 6.07 Å². The van der Waals surface area contributed by atoms with Crippen molar-refractivity contribution >= 4 is 25.9 Å². The first-order chi connectivity index (χ1) is 17.6. The second kappa shape index (κ2) is 9.99. The third kappa shape index (κ3) is 6.37. The molecular formula is C27H37F3N6OSi. The molecule has 1 aromatic heterocycles. The van der Waals surface area contributed by atoms with Crippen molar-refractivity contribution in [1.82, 2.24) is 15.6 Å². The van der Waals surface area contributed by atoms with Crippen molar-refractivity contribution in [3.05, 3.63) is 59.4 Å². The van der Waals surface area contributed by atoms with Gasteiger partial charge < -0.3 is 20.4 Å². The molecule has 0 spiro atoms. The van der Waals surface area contributed by atoms with Crippen LogP contribution in [0.2, 0.25) is 18.1 Å². The predicted octanol–water partition coefficient (Wildman–Crippen LogP) is 6.54. The van der Waals surface area contributed by atoms with E-state index in [0.29, 0.717) is 5.96 Å². The van der Waals surface area contributed by atoms with Crippen LogP contribution in [0.1, 0.15) is 70.4 Å². The molecule has 1 unspecified atom stereocenters. The largest absolute Gasteiger partial charge is 0.433 e. The zero-order valence-corrected chi connectivity index (χ0v) is 24.0. The molecule has 206 valence electrons. The number of pyridine rings is 1. The lowest BCUT2D eigenvalue weighted by atomic mass is 10.0. The van der Waals surface area contributed by atoms with Gasteiger partial charge in [-0.2, -0.15) is 18.2 Å². The molecule has 11 heteroatoms. The van der Waals surface area contributed by atoms with Crippen molar-refractivity contribution in [2.45, 2.75) is 89.6 Å². The summed E-state index contributed by atoms with van der Waals surface area (Å²) in [5, 5.41) is 9.58. The van der Waals surface area contributed by atoms with Crippen LogP contribution in [0.15, 0.2) is 52.6 Å². The number of anilines is 1. The van der Waals surface area contributed by atoms with E-state index in [2.05, 4.69) is 76.9 Å². The smallest absolute Gasteiger partial charge is 0.407 e. The minimum atomic E-state index is -4.55. The fourth-order valence-corrected chi connectivity index (χ4v) is 5.61. The van der Waals surface area contributed by atoms with Gasteiger partial charge in [-0.1, -0.05) is 39.0 Å². The summed E-state index contributed by atoms with van der Waals surface area (Å²) in [6.07, 6.45) is -1.98. The van der Waals surface area contributed by atoms with Gasteiger partial charge in [-0.05, 0) is 74.1 Å². The summed E-state index contributed by atoms with van der Waals surface area (Å²) in [5.74, 6) is 0.678. The Morgan fingerprint density at radius 3 is 2.42 bits per heavy atom. The summed E-state index contributed by atoms with van der Waals surface area (Å²) < 4.78 is 46.4. The summed E-state index contributed by atoms with van der Waals surface area (Å²) in [5.41, 5.74) is 0.971. The van der Waals surface area contributed by atoms with Crippen LogP contribution in [0, 0.1) is 0 Å². The molecule has 0 amide bonds. The molecule has 2 aromatic rings. The number of hydrogen-bond donors (Lipinski definition) is 3.